The third-order valence-corrected chi connectivity index (χ3v) is 4.84. The molecule has 2 heterocycles. The number of amides is 1. The van der Waals surface area contributed by atoms with Crippen LogP contribution < -0.4 is 15.1 Å². The van der Waals surface area contributed by atoms with E-state index >= 15 is 0 Å². The summed E-state index contributed by atoms with van der Waals surface area (Å²) in [4.78, 5) is 27.0. The van der Waals surface area contributed by atoms with Crippen LogP contribution in [0.2, 0.25) is 0 Å². The number of hydrogen-bond acceptors (Lipinski definition) is 6. The van der Waals surface area contributed by atoms with Crippen molar-refractivity contribution >= 4 is 17.5 Å². The van der Waals surface area contributed by atoms with Crippen molar-refractivity contribution in [1.82, 2.24) is 20.2 Å². The first-order valence-corrected chi connectivity index (χ1v) is 9.54. The summed E-state index contributed by atoms with van der Waals surface area (Å²) < 4.78 is 14.0. The SMILES string of the molecule is CN(C)c1ccc(C(=O)NCCCN2CCN(c3ncccn3)CC2)cc1F. The van der Waals surface area contributed by atoms with E-state index in [1.54, 1.807) is 43.5 Å². The third-order valence-electron chi connectivity index (χ3n) is 4.84. The smallest absolute Gasteiger partial charge is 0.251 e. The summed E-state index contributed by atoms with van der Waals surface area (Å²) in [5.74, 6) is 0.148. The lowest BCUT2D eigenvalue weighted by Crippen LogP contribution is -2.47. The molecule has 3 rings (SSSR count). The molecule has 0 saturated carbocycles. The molecule has 1 amide bonds. The minimum absolute atomic E-state index is 0.241. The van der Waals surface area contributed by atoms with Crippen molar-refractivity contribution in [3.05, 3.63) is 48.0 Å². The summed E-state index contributed by atoms with van der Waals surface area (Å²) in [5, 5.41) is 2.87. The molecule has 0 radical (unpaired) electrons. The molecule has 1 aliphatic heterocycles. The summed E-state index contributed by atoms with van der Waals surface area (Å²) >= 11 is 0. The predicted molar refractivity (Wildman–Crippen MR) is 108 cm³/mol. The summed E-state index contributed by atoms with van der Waals surface area (Å²) in [5.41, 5.74) is 0.816. The minimum atomic E-state index is -0.391. The van der Waals surface area contributed by atoms with Crippen molar-refractivity contribution < 1.29 is 9.18 Å². The van der Waals surface area contributed by atoms with E-state index < -0.39 is 5.82 Å². The number of benzene rings is 1. The van der Waals surface area contributed by atoms with Gasteiger partial charge in [-0.2, -0.15) is 0 Å². The monoisotopic (exact) mass is 386 g/mol. The number of hydrogen-bond donors (Lipinski definition) is 1. The molecule has 1 saturated heterocycles. The maximum absolute atomic E-state index is 14.0. The minimum Gasteiger partial charge on any atom is -0.375 e. The number of aromatic nitrogens is 2. The van der Waals surface area contributed by atoms with E-state index in [9.17, 15) is 9.18 Å². The van der Waals surface area contributed by atoms with Gasteiger partial charge in [-0.15, -0.1) is 0 Å². The number of halogens is 1. The predicted octanol–water partition coefficient (Wildman–Crippen LogP) is 1.62. The number of carbonyl (C=O) groups is 1. The van der Waals surface area contributed by atoms with Crippen molar-refractivity contribution in [3.63, 3.8) is 0 Å². The fourth-order valence-electron chi connectivity index (χ4n) is 3.24. The molecule has 1 fully saturated rings. The summed E-state index contributed by atoms with van der Waals surface area (Å²) in [6, 6.07) is 6.38. The van der Waals surface area contributed by atoms with Crippen LogP contribution in [0.3, 0.4) is 0 Å². The van der Waals surface area contributed by atoms with Gasteiger partial charge in [-0.3, -0.25) is 9.69 Å². The van der Waals surface area contributed by atoms with E-state index in [4.69, 9.17) is 0 Å². The van der Waals surface area contributed by atoms with Crippen LogP contribution in [0.1, 0.15) is 16.8 Å². The molecule has 150 valence electrons. The summed E-state index contributed by atoms with van der Waals surface area (Å²) in [6.45, 7) is 5.17. The zero-order valence-electron chi connectivity index (χ0n) is 16.4. The molecule has 8 heteroatoms. The van der Waals surface area contributed by atoms with Crippen LogP contribution in [0.5, 0.6) is 0 Å². The largest absolute Gasteiger partial charge is 0.375 e. The van der Waals surface area contributed by atoms with Crippen LogP contribution in [-0.2, 0) is 0 Å². The summed E-state index contributed by atoms with van der Waals surface area (Å²) in [7, 11) is 3.54. The summed E-state index contributed by atoms with van der Waals surface area (Å²) in [6.07, 6.45) is 4.38. The Morgan fingerprint density at radius 1 is 1.18 bits per heavy atom. The topological polar surface area (TPSA) is 64.6 Å². The lowest BCUT2D eigenvalue weighted by Gasteiger charge is -2.34. The first kappa shape index (κ1) is 20.0. The van der Waals surface area contributed by atoms with Crippen LogP contribution >= 0.6 is 0 Å². The van der Waals surface area contributed by atoms with Crippen LogP contribution in [0, 0.1) is 5.82 Å². The fourth-order valence-corrected chi connectivity index (χ4v) is 3.24. The Morgan fingerprint density at radius 2 is 1.89 bits per heavy atom. The van der Waals surface area contributed by atoms with Gasteiger partial charge in [0.25, 0.3) is 5.91 Å². The highest BCUT2D eigenvalue weighted by Crippen LogP contribution is 2.18. The maximum Gasteiger partial charge on any atom is 0.251 e. The van der Waals surface area contributed by atoms with Crippen molar-refractivity contribution in [2.75, 3.05) is 63.2 Å². The lowest BCUT2D eigenvalue weighted by molar-refractivity contribution is 0.0951. The van der Waals surface area contributed by atoms with Gasteiger partial charge in [0.2, 0.25) is 5.95 Å². The van der Waals surface area contributed by atoms with E-state index in [-0.39, 0.29) is 5.91 Å². The number of anilines is 2. The molecular formula is C20H27FN6O. The zero-order chi connectivity index (χ0) is 19.9. The molecule has 1 aromatic carbocycles. The highest BCUT2D eigenvalue weighted by Gasteiger charge is 2.18. The molecule has 1 aliphatic rings. The molecule has 0 spiro atoms. The number of rotatable bonds is 7. The Morgan fingerprint density at radius 3 is 2.54 bits per heavy atom. The first-order valence-electron chi connectivity index (χ1n) is 9.54. The second kappa shape index (κ2) is 9.45. The number of nitrogens with zero attached hydrogens (tertiary/aromatic N) is 5. The Labute approximate surface area is 165 Å². The van der Waals surface area contributed by atoms with Gasteiger partial charge in [0.1, 0.15) is 5.82 Å². The third kappa shape index (κ3) is 5.16. The molecule has 2 aromatic rings. The molecular weight excluding hydrogens is 359 g/mol. The van der Waals surface area contributed by atoms with Crippen LogP contribution in [-0.4, -0.2) is 74.1 Å². The van der Waals surface area contributed by atoms with Gasteiger partial charge in [-0.25, -0.2) is 14.4 Å². The van der Waals surface area contributed by atoms with E-state index in [0.29, 0.717) is 17.8 Å². The second-order valence-electron chi connectivity index (χ2n) is 7.05. The zero-order valence-corrected chi connectivity index (χ0v) is 16.4. The normalized spacial score (nSPS) is 14.8. The Hall–Kier alpha value is -2.74. The Bertz CT molecular complexity index is 778. The average Bonchev–Trinajstić information content (AvgIpc) is 2.72. The first-order chi connectivity index (χ1) is 13.5. The molecule has 0 atom stereocenters. The molecule has 1 aromatic heterocycles. The molecule has 1 N–H and O–H groups in total. The van der Waals surface area contributed by atoms with Gasteiger partial charge in [0.05, 0.1) is 5.69 Å². The van der Waals surface area contributed by atoms with Crippen molar-refractivity contribution in [2.24, 2.45) is 0 Å². The van der Waals surface area contributed by atoms with E-state index in [1.165, 1.54) is 6.07 Å². The highest BCUT2D eigenvalue weighted by molar-refractivity contribution is 5.94. The maximum atomic E-state index is 14.0. The Kier molecular flexibility index (Phi) is 6.76. The van der Waals surface area contributed by atoms with Gasteiger partial charge < -0.3 is 15.1 Å². The molecule has 7 nitrogen and oxygen atoms in total. The van der Waals surface area contributed by atoms with Gasteiger partial charge in [0.15, 0.2) is 0 Å². The van der Waals surface area contributed by atoms with Gasteiger partial charge in [-0.1, -0.05) is 0 Å². The number of piperazine rings is 1. The van der Waals surface area contributed by atoms with E-state index in [2.05, 4.69) is 25.1 Å². The average molecular weight is 386 g/mol. The van der Waals surface area contributed by atoms with Crippen molar-refractivity contribution in [2.45, 2.75) is 6.42 Å². The highest BCUT2D eigenvalue weighted by atomic mass is 19.1. The van der Waals surface area contributed by atoms with Crippen LogP contribution in [0.4, 0.5) is 16.0 Å². The number of nitrogens with one attached hydrogen (secondary N) is 1. The van der Waals surface area contributed by atoms with Crippen LogP contribution in [0.15, 0.2) is 36.7 Å². The van der Waals surface area contributed by atoms with Crippen molar-refractivity contribution in [3.8, 4) is 0 Å². The standard InChI is InChI=1S/C20H27FN6O/c1-25(2)18-6-5-16(15-17(18)21)19(28)22-9-4-10-26-11-13-27(14-12-26)20-23-7-3-8-24-20/h3,5-8,15H,4,9-14H2,1-2H3,(H,22,28). The van der Waals surface area contributed by atoms with Gasteiger partial charge >= 0.3 is 0 Å². The molecule has 0 unspecified atom stereocenters. The quantitative estimate of drug-likeness (QED) is 0.730. The fraction of sp³-hybridized carbons (Fsp3) is 0.450. The number of carbonyl (C=O) groups excluding carboxylic acids is 1. The second-order valence-corrected chi connectivity index (χ2v) is 7.05. The molecule has 0 aliphatic carbocycles. The molecule has 28 heavy (non-hydrogen) atoms. The van der Waals surface area contributed by atoms with E-state index in [0.717, 1.165) is 45.1 Å². The van der Waals surface area contributed by atoms with Crippen LogP contribution in [0.25, 0.3) is 0 Å². The van der Waals surface area contributed by atoms with Gasteiger partial charge in [-0.05, 0) is 37.2 Å². The van der Waals surface area contributed by atoms with Gasteiger partial charge in [0, 0.05) is 64.8 Å². The molecule has 0 bridgehead atoms. The Balaban J connectivity index is 1.37. The van der Waals surface area contributed by atoms with E-state index in [1.807, 2.05) is 6.07 Å². The lowest BCUT2D eigenvalue weighted by atomic mass is 10.1. The van der Waals surface area contributed by atoms with Crippen molar-refractivity contribution in [1.29, 1.82) is 0 Å².